The van der Waals surface area contributed by atoms with Gasteiger partial charge >= 0.3 is 6.03 Å². The largest absolute Gasteiger partial charge is 0.340 e. The van der Waals surface area contributed by atoms with Crippen molar-refractivity contribution in [3.8, 4) is 0 Å². The first-order valence-corrected chi connectivity index (χ1v) is 7.53. The van der Waals surface area contributed by atoms with Crippen LogP contribution in [-0.4, -0.2) is 16.9 Å². The fourth-order valence-electron chi connectivity index (χ4n) is 2.21. The maximum Gasteiger partial charge on any atom is 0.340 e. The third kappa shape index (κ3) is 2.81. The van der Waals surface area contributed by atoms with Crippen LogP contribution in [0, 0.1) is 11.2 Å². The summed E-state index contributed by atoms with van der Waals surface area (Å²) < 4.78 is 13.1. The van der Waals surface area contributed by atoms with Crippen LogP contribution >= 0.6 is 35.4 Å². The number of rotatable bonds is 2. The number of benzene rings is 2. The van der Waals surface area contributed by atoms with Gasteiger partial charge in [0.05, 0.1) is 11.4 Å². The molecule has 0 saturated carbocycles. The molecule has 8 heteroatoms. The number of anilines is 2. The molecule has 0 unspecified atom stereocenters. The number of nitrogens with one attached hydrogen (secondary N) is 1. The predicted molar refractivity (Wildman–Crippen MR) is 93.5 cm³/mol. The molecule has 2 aromatic rings. The lowest BCUT2D eigenvalue weighted by Crippen LogP contribution is -2.33. The van der Waals surface area contributed by atoms with Gasteiger partial charge in [0.1, 0.15) is 5.82 Å². The lowest BCUT2D eigenvalue weighted by atomic mass is 10.3. The molecule has 0 atom stereocenters. The molecular weight excluding hydrogens is 360 g/mol. The standard InChI is InChI=1S/C15H8Cl2FN3OS/c16-8-5-9(17)7-12(6-8)20-13(19)14(23)21(15(20)22)11-3-1-10(18)2-4-11/h1-7,19H. The molecule has 1 fully saturated rings. The maximum atomic E-state index is 13.1. The number of urea groups is 1. The number of thiocarbonyl (C=S) groups is 1. The van der Waals surface area contributed by atoms with Gasteiger partial charge in [0.2, 0.25) is 0 Å². The number of nitrogens with zero attached hydrogens (tertiary/aromatic N) is 2. The molecule has 1 aliphatic heterocycles. The van der Waals surface area contributed by atoms with Gasteiger partial charge in [-0.1, -0.05) is 35.4 Å². The van der Waals surface area contributed by atoms with Crippen LogP contribution in [-0.2, 0) is 0 Å². The molecule has 1 aliphatic rings. The van der Waals surface area contributed by atoms with Gasteiger partial charge in [0.15, 0.2) is 10.8 Å². The van der Waals surface area contributed by atoms with Crippen LogP contribution in [0.4, 0.5) is 20.6 Å². The van der Waals surface area contributed by atoms with Crippen LogP contribution in [0.2, 0.25) is 10.0 Å². The highest BCUT2D eigenvalue weighted by molar-refractivity contribution is 7.82. The summed E-state index contributed by atoms with van der Waals surface area (Å²) in [7, 11) is 0. The van der Waals surface area contributed by atoms with Crippen molar-refractivity contribution >= 4 is 63.6 Å². The van der Waals surface area contributed by atoms with Crippen LogP contribution in [0.1, 0.15) is 0 Å². The molecule has 2 amide bonds. The van der Waals surface area contributed by atoms with Crippen molar-refractivity contribution in [3.05, 3.63) is 58.3 Å². The van der Waals surface area contributed by atoms with Gasteiger partial charge in [0.25, 0.3) is 0 Å². The van der Waals surface area contributed by atoms with Gasteiger partial charge in [-0.25, -0.2) is 19.0 Å². The second-order valence-corrected chi connectivity index (χ2v) is 5.97. The molecule has 0 radical (unpaired) electrons. The second kappa shape index (κ2) is 5.88. The van der Waals surface area contributed by atoms with E-state index in [1.165, 1.54) is 42.5 Å². The normalized spacial score (nSPS) is 14.8. The average molecular weight is 368 g/mol. The summed E-state index contributed by atoms with van der Waals surface area (Å²) in [6.45, 7) is 0. The zero-order chi connectivity index (χ0) is 16.7. The summed E-state index contributed by atoms with van der Waals surface area (Å²) in [5.74, 6) is -0.604. The first-order valence-electron chi connectivity index (χ1n) is 6.37. The highest BCUT2D eigenvalue weighted by Crippen LogP contribution is 2.31. The molecule has 0 aromatic heterocycles. The van der Waals surface area contributed by atoms with E-state index in [0.29, 0.717) is 21.4 Å². The van der Waals surface area contributed by atoms with Crippen LogP contribution in [0.5, 0.6) is 0 Å². The Hall–Kier alpha value is -2.02. The van der Waals surface area contributed by atoms with Crippen molar-refractivity contribution in [2.75, 3.05) is 9.80 Å². The minimum atomic E-state index is -0.551. The molecule has 1 saturated heterocycles. The van der Waals surface area contributed by atoms with Gasteiger partial charge in [-0.3, -0.25) is 5.41 Å². The van der Waals surface area contributed by atoms with E-state index < -0.39 is 11.8 Å². The Morgan fingerprint density at radius 2 is 1.52 bits per heavy atom. The summed E-state index contributed by atoms with van der Waals surface area (Å²) in [4.78, 5) is 14.9. The van der Waals surface area contributed by atoms with Crippen LogP contribution < -0.4 is 9.80 Å². The number of carbonyl (C=O) groups excluding carboxylic acids is 1. The molecule has 0 aliphatic carbocycles. The lowest BCUT2D eigenvalue weighted by Gasteiger charge is -2.17. The highest BCUT2D eigenvalue weighted by Gasteiger charge is 2.40. The molecule has 0 spiro atoms. The Balaban J connectivity index is 2.04. The van der Waals surface area contributed by atoms with E-state index in [0.717, 1.165) is 9.80 Å². The highest BCUT2D eigenvalue weighted by atomic mass is 35.5. The van der Waals surface area contributed by atoms with E-state index in [4.69, 9.17) is 40.8 Å². The number of hydrogen-bond donors (Lipinski definition) is 1. The number of halogens is 3. The van der Waals surface area contributed by atoms with E-state index in [9.17, 15) is 9.18 Å². The van der Waals surface area contributed by atoms with Gasteiger partial charge in [0, 0.05) is 10.0 Å². The van der Waals surface area contributed by atoms with Crippen molar-refractivity contribution < 1.29 is 9.18 Å². The third-order valence-corrected chi connectivity index (χ3v) is 4.01. The molecule has 23 heavy (non-hydrogen) atoms. The van der Waals surface area contributed by atoms with Gasteiger partial charge in [-0.15, -0.1) is 0 Å². The summed E-state index contributed by atoms with van der Waals surface area (Å²) in [5, 5.41) is 8.77. The van der Waals surface area contributed by atoms with Crippen molar-refractivity contribution in [2.24, 2.45) is 0 Å². The molecule has 2 aromatic carbocycles. The summed E-state index contributed by atoms with van der Waals surface area (Å²) in [5.41, 5.74) is 0.714. The number of amides is 2. The lowest BCUT2D eigenvalue weighted by molar-refractivity contribution is 0.257. The topological polar surface area (TPSA) is 47.4 Å². The maximum absolute atomic E-state index is 13.1. The molecular formula is C15H8Cl2FN3OS. The second-order valence-electron chi connectivity index (χ2n) is 4.71. The van der Waals surface area contributed by atoms with E-state index in [1.54, 1.807) is 0 Å². The summed E-state index contributed by atoms with van der Waals surface area (Å²) >= 11 is 17.1. The van der Waals surface area contributed by atoms with E-state index in [-0.39, 0.29) is 10.8 Å². The summed E-state index contributed by atoms with van der Waals surface area (Å²) in [6, 6.07) is 9.26. The zero-order valence-corrected chi connectivity index (χ0v) is 13.7. The number of hydrogen-bond acceptors (Lipinski definition) is 3. The van der Waals surface area contributed by atoms with Gasteiger partial charge in [-0.05, 0) is 42.5 Å². The smallest absolute Gasteiger partial charge is 0.281 e. The van der Waals surface area contributed by atoms with Crippen molar-refractivity contribution in [1.82, 2.24) is 0 Å². The van der Waals surface area contributed by atoms with E-state index >= 15 is 0 Å². The molecule has 1 N–H and O–H groups in total. The van der Waals surface area contributed by atoms with Crippen LogP contribution in [0.3, 0.4) is 0 Å². The van der Waals surface area contributed by atoms with Crippen LogP contribution in [0.25, 0.3) is 0 Å². The third-order valence-electron chi connectivity index (χ3n) is 3.20. The van der Waals surface area contributed by atoms with E-state index in [1.807, 2.05) is 0 Å². The van der Waals surface area contributed by atoms with Crippen molar-refractivity contribution in [1.29, 1.82) is 5.41 Å². The first-order chi connectivity index (χ1) is 10.9. The fourth-order valence-corrected chi connectivity index (χ4v) is 3.00. The minimum Gasteiger partial charge on any atom is -0.281 e. The molecule has 0 bridgehead atoms. The molecule has 116 valence electrons. The van der Waals surface area contributed by atoms with Crippen molar-refractivity contribution in [3.63, 3.8) is 0 Å². The SMILES string of the molecule is N=C1C(=S)N(c2ccc(F)cc2)C(=O)N1c1cc(Cl)cc(Cl)c1. The monoisotopic (exact) mass is 367 g/mol. The fraction of sp³-hybridized carbons (Fsp3) is 0. The first kappa shape index (κ1) is 15.9. The average Bonchev–Trinajstić information content (AvgIpc) is 2.69. The summed E-state index contributed by atoms with van der Waals surface area (Å²) in [6.07, 6.45) is 0. The van der Waals surface area contributed by atoms with Gasteiger partial charge < -0.3 is 0 Å². The Morgan fingerprint density at radius 3 is 2.09 bits per heavy atom. The Morgan fingerprint density at radius 1 is 0.957 bits per heavy atom. The molecule has 4 nitrogen and oxygen atoms in total. The number of amidine groups is 1. The van der Waals surface area contributed by atoms with E-state index in [2.05, 4.69) is 0 Å². The Kier molecular flexibility index (Phi) is 4.06. The molecule has 1 heterocycles. The van der Waals surface area contributed by atoms with Gasteiger partial charge in [-0.2, -0.15) is 0 Å². The quantitative estimate of drug-likeness (QED) is 0.768. The Bertz CT molecular complexity index is 821. The zero-order valence-electron chi connectivity index (χ0n) is 11.4. The Labute approximate surface area is 146 Å². The van der Waals surface area contributed by atoms with Crippen molar-refractivity contribution in [2.45, 2.75) is 0 Å². The van der Waals surface area contributed by atoms with Crippen LogP contribution in [0.15, 0.2) is 42.5 Å². The number of carbonyl (C=O) groups is 1. The minimum absolute atomic E-state index is 0.0118. The predicted octanol–water partition coefficient (Wildman–Crippen LogP) is 4.88. The molecule has 3 rings (SSSR count).